The van der Waals surface area contributed by atoms with Gasteiger partial charge in [-0.25, -0.2) is 0 Å². The fraction of sp³-hybridized carbons (Fsp3) is 0.200. The van der Waals surface area contributed by atoms with Crippen LogP contribution in [0.2, 0.25) is 0 Å². The Hall–Kier alpha value is -1.62. The van der Waals surface area contributed by atoms with E-state index < -0.39 is 0 Å². The number of aryl methyl sites for hydroxylation is 2. The zero-order valence-corrected chi connectivity index (χ0v) is 9.43. The van der Waals surface area contributed by atoms with Gasteiger partial charge in [-0.2, -0.15) is 5.10 Å². The number of nitrogens with one attached hydrogen (secondary N) is 1. The van der Waals surface area contributed by atoms with Crippen LogP contribution in [-0.4, -0.2) is 16.4 Å². The molecule has 1 aromatic rings. The highest BCUT2D eigenvalue weighted by molar-refractivity contribution is 7.80. The summed E-state index contributed by atoms with van der Waals surface area (Å²) >= 11 is 4.59. The average Bonchev–Trinajstić information content (AvgIpc) is 2.08. The number of hydrogen-bond acceptors (Lipinski definition) is 3. The fourth-order valence-corrected chi connectivity index (χ4v) is 1.34. The van der Waals surface area contributed by atoms with Crippen molar-refractivity contribution in [2.24, 2.45) is 10.8 Å². The molecule has 0 unspecified atom stereocenters. The topological polar surface area (TPSA) is 70.6 Å². The predicted molar refractivity (Wildman–Crippen MR) is 65.1 cm³/mol. The summed E-state index contributed by atoms with van der Waals surface area (Å²) in [4.78, 5) is 0. The van der Waals surface area contributed by atoms with E-state index in [1.165, 1.54) is 6.21 Å². The Bertz CT molecular complexity index is 392. The molecule has 15 heavy (non-hydrogen) atoms. The fourth-order valence-electron chi connectivity index (χ4n) is 1.28. The van der Waals surface area contributed by atoms with E-state index in [2.05, 4.69) is 22.7 Å². The van der Waals surface area contributed by atoms with E-state index in [0.29, 0.717) is 5.56 Å². The zero-order chi connectivity index (χ0) is 11.4. The molecule has 0 atom stereocenters. The maximum absolute atomic E-state index is 9.65. The molecule has 0 aliphatic carbocycles. The Morgan fingerprint density at radius 3 is 2.73 bits per heavy atom. The minimum atomic E-state index is 0.0931. The van der Waals surface area contributed by atoms with E-state index in [0.717, 1.165) is 11.1 Å². The van der Waals surface area contributed by atoms with Crippen LogP contribution in [0.1, 0.15) is 16.7 Å². The highest BCUT2D eigenvalue weighted by atomic mass is 32.1. The maximum atomic E-state index is 9.65. The molecule has 0 fully saturated rings. The first-order valence-corrected chi connectivity index (χ1v) is 4.80. The SMILES string of the molecule is Cc1cc(C)c(C=NNC(N)=S)c(O)c1. The van der Waals surface area contributed by atoms with Crippen LogP contribution in [0.3, 0.4) is 0 Å². The van der Waals surface area contributed by atoms with E-state index in [1.807, 2.05) is 19.9 Å². The molecule has 1 aromatic carbocycles. The number of phenolic OH excluding ortho intramolecular Hbond substituents is 1. The lowest BCUT2D eigenvalue weighted by molar-refractivity contribution is 0.473. The molecular weight excluding hydrogens is 210 g/mol. The van der Waals surface area contributed by atoms with Gasteiger partial charge in [0.2, 0.25) is 0 Å². The third kappa shape index (κ3) is 3.21. The maximum Gasteiger partial charge on any atom is 0.184 e. The summed E-state index contributed by atoms with van der Waals surface area (Å²) in [7, 11) is 0. The van der Waals surface area contributed by atoms with Gasteiger partial charge in [0.25, 0.3) is 0 Å². The Morgan fingerprint density at radius 2 is 2.20 bits per heavy atom. The Kier molecular flexibility index (Phi) is 3.62. The quantitative estimate of drug-likeness (QED) is 0.400. The van der Waals surface area contributed by atoms with Crippen molar-refractivity contribution in [2.45, 2.75) is 13.8 Å². The summed E-state index contributed by atoms with van der Waals surface area (Å²) in [5, 5.41) is 13.5. The Balaban J connectivity index is 2.94. The number of hydrazone groups is 1. The van der Waals surface area contributed by atoms with Gasteiger partial charge in [-0.1, -0.05) is 6.07 Å². The lowest BCUT2D eigenvalue weighted by Crippen LogP contribution is -2.24. The van der Waals surface area contributed by atoms with E-state index >= 15 is 0 Å². The molecule has 0 aliphatic rings. The molecule has 0 aliphatic heterocycles. The van der Waals surface area contributed by atoms with Gasteiger partial charge in [-0.3, -0.25) is 5.43 Å². The molecular formula is C10H13N3OS. The first-order valence-electron chi connectivity index (χ1n) is 4.39. The smallest absolute Gasteiger partial charge is 0.184 e. The summed E-state index contributed by atoms with van der Waals surface area (Å²) in [5.41, 5.74) is 10.2. The van der Waals surface area contributed by atoms with Crippen LogP contribution in [-0.2, 0) is 0 Å². The van der Waals surface area contributed by atoms with Crippen LogP contribution in [0, 0.1) is 13.8 Å². The molecule has 0 amide bonds. The van der Waals surface area contributed by atoms with Gasteiger partial charge in [-0.15, -0.1) is 0 Å². The average molecular weight is 223 g/mol. The number of rotatable bonds is 2. The van der Waals surface area contributed by atoms with E-state index in [4.69, 9.17) is 5.73 Å². The summed E-state index contributed by atoms with van der Waals surface area (Å²) in [6, 6.07) is 3.64. The van der Waals surface area contributed by atoms with E-state index in [1.54, 1.807) is 6.07 Å². The van der Waals surface area contributed by atoms with Crippen molar-refractivity contribution < 1.29 is 5.11 Å². The van der Waals surface area contributed by atoms with Gasteiger partial charge >= 0.3 is 0 Å². The summed E-state index contributed by atoms with van der Waals surface area (Å²) in [5.74, 6) is 0.195. The number of nitrogens with two attached hydrogens (primary N) is 1. The van der Waals surface area contributed by atoms with Crippen molar-refractivity contribution in [1.29, 1.82) is 0 Å². The summed E-state index contributed by atoms with van der Waals surface area (Å²) < 4.78 is 0. The van der Waals surface area contributed by atoms with Crippen LogP contribution in [0.25, 0.3) is 0 Å². The normalized spacial score (nSPS) is 10.5. The van der Waals surface area contributed by atoms with E-state index in [9.17, 15) is 5.11 Å². The monoisotopic (exact) mass is 223 g/mol. The first-order chi connectivity index (χ1) is 7.00. The van der Waals surface area contributed by atoms with Crippen molar-refractivity contribution in [3.63, 3.8) is 0 Å². The van der Waals surface area contributed by atoms with Gasteiger partial charge in [0.05, 0.1) is 6.21 Å². The number of hydrogen-bond donors (Lipinski definition) is 3. The molecule has 0 radical (unpaired) electrons. The van der Waals surface area contributed by atoms with Crippen molar-refractivity contribution in [3.8, 4) is 5.75 Å². The van der Waals surface area contributed by atoms with Gasteiger partial charge < -0.3 is 10.8 Å². The molecule has 0 saturated heterocycles. The molecule has 0 heterocycles. The van der Waals surface area contributed by atoms with Gasteiger partial charge in [-0.05, 0) is 43.3 Å². The zero-order valence-electron chi connectivity index (χ0n) is 8.61. The number of nitrogens with zero attached hydrogens (tertiary/aromatic N) is 1. The van der Waals surface area contributed by atoms with Crippen molar-refractivity contribution in [2.75, 3.05) is 0 Å². The second-order valence-corrected chi connectivity index (χ2v) is 3.69. The Morgan fingerprint density at radius 1 is 1.53 bits per heavy atom. The highest BCUT2D eigenvalue weighted by Crippen LogP contribution is 2.20. The second-order valence-electron chi connectivity index (χ2n) is 3.25. The summed E-state index contributed by atoms with van der Waals surface area (Å²) in [6.07, 6.45) is 1.49. The standard InChI is InChI=1S/C10H13N3OS/c1-6-3-7(2)8(9(14)4-6)5-12-13-10(11)15/h3-5,14H,1-2H3,(H3,11,13,15). The lowest BCUT2D eigenvalue weighted by atomic mass is 10.1. The third-order valence-corrected chi connectivity index (χ3v) is 1.97. The minimum absolute atomic E-state index is 0.0931. The molecule has 4 nitrogen and oxygen atoms in total. The first kappa shape index (κ1) is 11.5. The van der Waals surface area contributed by atoms with Crippen LogP contribution >= 0.6 is 12.2 Å². The third-order valence-electron chi connectivity index (χ3n) is 1.88. The highest BCUT2D eigenvalue weighted by Gasteiger charge is 2.02. The number of aromatic hydroxyl groups is 1. The van der Waals surface area contributed by atoms with Gasteiger partial charge in [0, 0.05) is 5.56 Å². The second kappa shape index (κ2) is 4.75. The minimum Gasteiger partial charge on any atom is -0.507 e. The number of benzene rings is 1. The van der Waals surface area contributed by atoms with Gasteiger partial charge in [0.15, 0.2) is 5.11 Å². The predicted octanol–water partition coefficient (Wildman–Crippen LogP) is 1.18. The van der Waals surface area contributed by atoms with Gasteiger partial charge in [0.1, 0.15) is 5.75 Å². The van der Waals surface area contributed by atoms with Crippen LogP contribution in [0.5, 0.6) is 5.75 Å². The van der Waals surface area contributed by atoms with E-state index in [-0.39, 0.29) is 10.9 Å². The molecule has 80 valence electrons. The molecule has 5 heteroatoms. The molecule has 0 spiro atoms. The van der Waals surface area contributed by atoms with Crippen molar-refractivity contribution in [3.05, 3.63) is 28.8 Å². The number of phenols is 1. The summed E-state index contributed by atoms with van der Waals surface area (Å²) in [6.45, 7) is 3.82. The van der Waals surface area contributed by atoms with Crippen LogP contribution in [0.15, 0.2) is 17.2 Å². The number of thiocarbonyl (C=S) groups is 1. The van der Waals surface area contributed by atoms with Crippen LogP contribution < -0.4 is 11.2 Å². The van der Waals surface area contributed by atoms with Crippen molar-refractivity contribution >= 4 is 23.5 Å². The molecule has 0 bridgehead atoms. The molecule has 0 saturated carbocycles. The molecule has 0 aromatic heterocycles. The molecule has 1 rings (SSSR count). The lowest BCUT2D eigenvalue weighted by Gasteiger charge is -2.04. The molecule has 4 N–H and O–H groups in total. The largest absolute Gasteiger partial charge is 0.507 e. The van der Waals surface area contributed by atoms with Crippen LogP contribution in [0.4, 0.5) is 0 Å². The van der Waals surface area contributed by atoms with Crippen molar-refractivity contribution in [1.82, 2.24) is 5.43 Å². The Labute approximate surface area is 93.8 Å².